The van der Waals surface area contributed by atoms with Gasteiger partial charge in [-0.15, -0.1) is 0 Å². The molecule has 0 aromatic heterocycles. The van der Waals surface area contributed by atoms with Crippen LogP contribution in [0.25, 0.3) is 0 Å². The zero-order chi connectivity index (χ0) is 19.8. The van der Waals surface area contributed by atoms with E-state index in [-0.39, 0.29) is 23.6 Å². The Bertz CT molecular complexity index is 811. The smallest absolute Gasteiger partial charge is 0.410 e. The normalized spacial score (nSPS) is 22.4. The molecule has 1 fully saturated rings. The maximum atomic E-state index is 12.3. The van der Waals surface area contributed by atoms with Gasteiger partial charge in [0.25, 0.3) is 0 Å². The molecule has 150 valence electrons. The summed E-state index contributed by atoms with van der Waals surface area (Å²) in [6.07, 6.45) is -0.557. The molecule has 1 atom stereocenters. The zero-order valence-corrected chi connectivity index (χ0v) is 17.0. The standard InChI is InChI=1S/C18H27N3O5S/c1-13-12-19-27(23,24)16-6-5-14(11-15(16)25-13)20-7-9-21(10-8-20)17(22)26-18(2,3)4/h5-6,11,13,19H,7-10,12H2,1-4H3/t13-/m1/s1. The number of rotatable bonds is 1. The number of piperazine rings is 1. The second-order valence-corrected chi connectivity index (χ2v) is 9.60. The monoisotopic (exact) mass is 397 g/mol. The van der Waals surface area contributed by atoms with Crippen molar-refractivity contribution in [3.63, 3.8) is 0 Å². The van der Waals surface area contributed by atoms with E-state index < -0.39 is 15.6 Å². The Labute approximate surface area is 160 Å². The summed E-state index contributed by atoms with van der Waals surface area (Å²) < 4.78 is 38.3. The molecule has 1 N–H and O–H groups in total. The Morgan fingerprint density at radius 2 is 1.89 bits per heavy atom. The van der Waals surface area contributed by atoms with Crippen LogP contribution < -0.4 is 14.4 Å². The van der Waals surface area contributed by atoms with Crippen LogP contribution in [0, 0.1) is 0 Å². The van der Waals surface area contributed by atoms with Crippen LogP contribution in [0.3, 0.4) is 0 Å². The van der Waals surface area contributed by atoms with Crippen molar-refractivity contribution in [1.82, 2.24) is 9.62 Å². The number of ether oxygens (including phenoxy) is 2. The molecule has 2 aliphatic heterocycles. The molecule has 1 saturated heterocycles. The van der Waals surface area contributed by atoms with Crippen molar-refractivity contribution >= 4 is 21.8 Å². The van der Waals surface area contributed by atoms with E-state index >= 15 is 0 Å². The highest BCUT2D eigenvalue weighted by Crippen LogP contribution is 2.32. The molecule has 2 aliphatic rings. The van der Waals surface area contributed by atoms with Gasteiger partial charge in [-0.2, -0.15) is 0 Å². The molecule has 9 heteroatoms. The van der Waals surface area contributed by atoms with Crippen LogP contribution in [0.15, 0.2) is 23.1 Å². The number of benzene rings is 1. The van der Waals surface area contributed by atoms with E-state index in [0.29, 0.717) is 31.9 Å². The number of amides is 1. The number of nitrogens with zero attached hydrogens (tertiary/aromatic N) is 2. The molecular formula is C18H27N3O5S. The van der Waals surface area contributed by atoms with E-state index in [4.69, 9.17) is 9.47 Å². The molecule has 0 radical (unpaired) electrons. The number of hydrogen-bond donors (Lipinski definition) is 1. The molecule has 27 heavy (non-hydrogen) atoms. The molecule has 0 aliphatic carbocycles. The first-order chi connectivity index (χ1) is 12.5. The lowest BCUT2D eigenvalue weighted by atomic mass is 10.2. The van der Waals surface area contributed by atoms with E-state index in [9.17, 15) is 13.2 Å². The minimum Gasteiger partial charge on any atom is -0.488 e. The number of nitrogens with one attached hydrogen (secondary N) is 1. The van der Waals surface area contributed by atoms with Crippen molar-refractivity contribution in [2.24, 2.45) is 0 Å². The van der Waals surface area contributed by atoms with E-state index in [1.165, 1.54) is 0 Å². The molecule has 8 nitrogen and oxygen atoms in total. The van der Waals surface area contributed by atoms with Gasteiger partial charge in [-0.25, -0.2) is 17.9 Å². The summed E-state index contributed by atoms with van der Waals surface area (Å²) >= 11 is 0. The quantitative estimate of drug-likeness (QED) is 0.777. The van der Waals surface area contributed by atoms with Gasteiger partial charge in [0, 0.05) is 44.5 Å². The zero-order valence-electron chi connectivity index (χ0n) is 16.2. The third-order valence-electron chi connectivity index (χ3n) is 4.40. The summed E-state index contributed by atoms with van der Waals surface area (Å²) in [6, 6.07) is 5.12. The molecule has 1 aromatic rings. The fourth-order valence-electron chi connectivity index (χ4n) is 3.04. The Morgan fingerprint density at radius 1 is 1.22 bits per heavy atom. The van der Waals surface area contributed by atoms with Crippen LogP contribution in [0.4, 0.5) is 10.5 Å². The summed E-state index contributed by atoms with van der Waals surface area (Å²) in [7, 11) is -3.56. The number of carbonyl (C=O) groups is 1. The van der Waals surface area contributed by atoms with Crippen molar-refractivity contribution in [2.45, 2.75) is 44.3 Å². The number of hydrogen-bond acceptors (Lipinski definition) is 6. The second-order valence-electron chi connectivity index (χ2n) is 7.87. The SMILES string of the molecule is C[C@@H]1CNS(=O)(=O)c2ccc(N3CCN(C(=O)OC(C)(C)C)CC3)cc2O1. The van der Waals surface area contributed by atoms with Gasteiger partial charge in [0.1, 0.15) is 22.4 Å². The van der Waals surface area contributed by atoms with Crippen LogP contribution in [0.2, 0.25) is 0 Å². The summed E-state index contributed by atoms with van der Waals surface area (Å²) in [5.74, 6) is 0.361. The van der Waals surface area contributed by atoms with Gasteiger partial charge < -0.3 is 19.3 Å². The fourth-order valence-corrected chi connectivity index (χ4v) is 4.27. The number of anilines is 1. The van der Waals surface area contributed by atoms with Gasteiger partial charge in [-0.05, 0) is 39.8 Å². The predicted octanol–water partition coefficient (Wildman–Crippen LogP) is 1.80. The van der Waals surface area contributed by atoms with Gasteiger partial charge in [-0.3, -0.25) is 0 Å². The second kappa shape index (κ2) is 7.20. The molecule has 0 bridgehead atoms. The van der Waals surface area contributed by atoms with Crippen molar-refractivity contribution < 1.29 is 22.7 Å². The largest absolute Gasteiger partial charge is 0.488 e. The molecule has 1 amide bonds. The molecule has 0 saturated carbocycles. The summed E-state index contributed by atoms with van der Waals surface area (Å²) in [5.41, 5.74) is 0.362. The van der Waals surface area contributed by atoms with E-state index in [1.54, 1.807) is 23.1 Å². The first-order valence-corrected chi connectivity index (χ1v) is 10.6. The Balaban J connectivity index is 1.71. The van der Waals surface area contributed by atoms with E-state index in [2.05, 4.69) is 9.62 Å². The summed E-state index contributed by atoms with van der Waals surface area (Å²) in [4.78, 5) is 16.1. The lowest BCUT2D eigenvalue weighted by molar-refractivity contribution is 0.0240. The molecule has 3 rings (SSSR count). The third kappa shape index (κ3) is 4.65. The predicted molar refractivity (Wildman–Crippen MR) is 102 cm³/mol. The first kappa shape index (κ1) is 19.8. The van der Waals surface area contributed by atoms with Crippen molar-refractivity contribution in [1.29, 1.82) is 0 Å². The highest BCUT2D eigenvalue weighted by atomic mass is 32.2. The Hall–Kier alpha value is -2.00. The number of fused-ring (bicyclic) bond motifs is 1. The maximum Gasteiger partial charge on any atom is 0.410 e. The van der Waals surface area contributed by atoms with Gasteiger partial charge >= 0.3 is 6.09 Å². The van der Waals surface area contributed by atoms with Crippen molar-refractivity contribution in [2.75, 3.05) is 37.6 Å². The average Bonchev–Trinajstić information content (AvgIpc) is 2.69. The van der Waals surface area contributed by atoms with Crippen LogP contribution in [-0.2, 0) is 14.8 Å². The summed E-state index contributed by atoms with van der Waals surface area (Å²) in [5, 5.41) is 0. The van der Waals surface area contributed by atoms with Gasteiger partial charge in [0.05, 0.1) is 0 Å². The minimum absolute atomic E-state index is 0.156. The first-order valence-electron chi connectivity index (χ1n) is 9.08. The van der Waals surface area contributed by atoms with Gasteiger partial charge in [0.15, 0.2) is 0 Å². The molecule has 0 unspecified atom stereocenters. The Kier molecular flexibility index (Phi) is 5.27. The number of sulfonamides is 1. The van der Waals surface area contributed by atoms with Crippen LogP contribution in [0.1, 0.15) is 27.7 Å². The van der Waals surface area contributed by atoms with Gasteiger partial charge in [0.2, 0.25) is 10.0 Å². The average molecular weight is 397 g/mol. The summed E-state index contributed by atoms with van der Waals surface area (Å²) in [6.45, 7) is 9.97. The Morgan fingerprint density at radius 3 is 2.52 bits per heavy atom. The fraction of sp³-hybridized carbons (Fsp3) is 0.611. The lowest BCUT2D eigenvalue weighted by Crippen LogP contribution is -2.50. The maximum absolute atomic E-state index is 12.3. The highest BCUT2D eigenvalue weighted by Gasteiger charge is 2.29. The van der Waals surface area contributed by atoms with Crippen LogP contribution >= 0.6 is 0 Å². The molecule has 2 heterocycles. The van der Waals surface area contributed by atoms with Crippen LogP contribution in [-0.4, -0.2) is 63.8 Å². The van der Waals surface area contributed by atoms with Crippen molar-refractivity contribution in [3.8, 4) is 5.75 Å². The highest BCUT2D eigenvalue weighted by molar-refractivity contribution is 7.89. The minimum atomic E-state index is -3.56. The topological polar surface area (TPSA) is 88.2 Å². The molecular weight excluding hydrogens is 370 g/mol. The van der Waals surface area contributed by atoms with E-state index in [1.807, 2.05) is 27.7 Å². The lowest BCUT2D eigenvalue weighted by Gasteiger charge is -2.37. The van der Waals surface area contributed by atoms with Crippen molar-refractivity contribution in [3.05, 3.63) is 18.2 Å². The third-order valence-corrected chi connectivity index (χ3v) is 5.87. The molecule has 1 aromatic carbocycles. The van der Waals surface area contributed by atoms with Crippen LogP contribution in [0.5, 0.6) is 5.75 Å². The molecule has 0 spiro atoms. The van der Waals surface area contributed by atoms with Gasteiger partial charge in [-0.1, -0.05) is 0 Å². The number of carbonyl (C=O) groups excluding carboxylic acids is 1. The van der Waals surface area contributed by atoms with E-state index in [0.717, 1.165) is 5.69 Å².